The molecule has 1 unspecified atom stereocenters. The number of aryl methyl sites for hydroxylation is 1. The molecule has 1 aromatic heterocycles. The van der Waals surface area contributed by atoms with Crippen molar-refractivity contribution in [3.05, 3.63) is 23.4 Å². The second-order valence-corrected chi connectivity index (χ2v) is 4.80. The predicted octanol–water partition coefficient (Wildman–Crippen LogP) is 1.91. The Bertz CT molecular complexity index is 376. The molecule has 0 radical (unpaired) electrons. The molecule has 2 heterocycles. The zero-order valence-corrected chi connectivity index (χ0v) is 11.0. The maximum atomic E-state index is 5.77. The average Bonchev–Trinajstić information content (AvgIpc) is 2.89. The molecule has 4 heteroatoms. The molecule has 100 valence electrons. The molecule has 0 aliphatic carbocycles. The van der Waals surface area contributed by atoms with Crippen molar-refractivity contribution >= 4 is 0 Å². The van der Waals surface area contributed by atoms with E-state index in [1.165, 1.54) is 0 Å². The molecule has 1 aromatic rings. The normalized spacial score (nSPS) is 19.1. The Morgan fingerprint density at radius 2 is 2.39 bits per heavy atom. The van der Waals surface area contributed by atoms with Gasteiger partial charge in [0, 0.05) is 30.8 Å². The van der Waals surface area contributed by atoms with Crippen molar-refractivity contribution in [2.45, 2.75) is 32.7 Å². The third kappa shape index (κ3) is 3.68. The van der Waals surface area contributed by atoms with E-state index in [1.54, 1.807) is 0 Å². The molecule has 1 aliphatic heterocycles. The van der Waals surface area contributed by atoms with E-state index < -0.39 is 0 Å². The lowest BCUT2D eigenvalue weighted by atomic mass is 10.1. The number of rotatable bonds is 6. The zero-order valence-electron chi connectivity index (χ0n) is 11.0. The topological polar surface area (TPSA) is 57.4 Å². The lowest BCUT2D eigenvalue weighted by molar-refractivity contribution is 0.165. The van der Waals surface area contributed by atoms with Crippen LogP contribution in [0.15, 0.2) is 12.1 Å². The van der Waals surface area contributed by atoms with Crippen LogP contribution in [0.2, 0.25) is 0 Å². The molecule has 18 heavy (non-hydrogen) atoms. The van der Waals surface area contributed by atoms with Gasteiger partial charge in [0.2, 0.25) is 5.88 Å². The number of pyridine rings is 1. The van der Waals surface area contributed by atoms with E-state index >= 15 is 0 Å². The molecule has 4 nitrogen and oxygen atoms in total. The van der Waals surface area contributed by atoms with Gasteiger partial charge in [-0.3, -0.25) is 0 Å². The zero-order chi connectivity index (χ0) is 12.8. The quantitative estimate of drug-likeness (QED) is 0.838. The highest BCUT2D eigenvalue weighted by atomic mass is 16.5. The van der Waals surface area contributed by atoms with Gasteiger partial charge in [-0.25, -0.2) is 4.98 Å². The van der Waals surface area contributed by atoms with Crippen LogP contribution in [0.4, 0.5) is 0 Å². The molecule has 1 saturated heterocycles. The highest BCUT2D eigenvalue weighted by molar-refractivity contribution is 5.25. The standard InChI is InChI=1S/C14H22N2O2/c1-2-3-13-6-12(8-15)7-14(16-13)18-10-11-4-5-17-9-11/h6-7,11H,2-5,8-10,15H2,1H3. The first-order valence-corrected chi connectivity index (χ1v) is 6.72. The molecule has 0 aromatic carbocycles. The van der Waals surface area contributed by atoms with Gasteiger partial charge in [0.25, 0.3) is 0 Å². The van der Waals surface area contributed by atoms with Crippen LogP contribution < -0.4 is 10.5 Å². The van der Waals surface area contributed by atoms with Crippen LogP contribution in [-0.2, 0) is 17.7 Å². The van der Waals surface area contributed by atoms with E-state index in [1.807, 2.05) is 6.07 Å². The summed E-state index contributed by atoms with van der Waals surface area (Å²) in [7, 11) is 0. The molecule has 1 fully saturated rings. The van der Waals surface area contributed by atoms with Gasteiger partial charge in [-0.1, -0.05) is 13.3 Å². The summed E-state index contributed by atoms with van der Waals surface area (Å²) in [6.07, 6.45) is 3.13. The third-order valence-electron chi connectivity index (χ3n) is 3.15. The molecule has 1 aliphatic rings. The van der Waals surface area contributed by atoms with Gasteiger partial charge in [0.05, 0.1) is 13.2 Å². The maximum absolute atomic E-state index is 5.77. The second kappa shape index (κ2) is 6.71. The first-order valence-electron chi connectivity index (χ1n) is 6.72. The predicted molar refractivity (Wildman–Crippen MR) is 70.5 cm³/mol. The summed E-state index contributed by atoms with van der Waals surface area (Å²) in [6, 6.07) is 4.00. The summed E-state index contributed by atoms with van der Waals surface area (Å²) in [4.78, 5) is 4.51. The highest BCUT2D eigenvalue weighted by Crippen LogP contribution is 2.17. The van der Waals surface area contributed by atoms with E-state index in [9.17, 15) is 0 Å². The maximum Gasteiger partial charge on any atom is 0.213 e. The van der Waals surface area contributed by atoms with E-state index in [-0.39, 0.29) is 0 Å². The van der Waals surface area contributed by atoms with Gasteiger partial charge in [-0.05, 0) is 24.5 Å². The Hall–Kier alpha value is -1.13. The Labute approximate surface area is 108 Å². The summed E-state index contributed by atoms with van der Waals surface area (Å²) in [5, 5.41) is 0. The van der Waals surface area contributed by atoms with Crippen LogP contribution in [0.1, 0.15) is 31.0 Å². The number of ether oxygens (including phenoxy) is 2. The minimum absolute atomic E-state index is 0.503. The summed E-state index contributed by atoms with van der Waals surface area (Å²) in [5.41, 5.74) is 7.86. The van der Waals surface area contributed by atoms with Gasteiger partial charge < -0.3 is 15.2 Å². The van der Waals surface area contributed by atoms with Gasteiger partial charge in [0.15, 0.2) is 0 Å². The molecule has 0 bridgehead atoms. The minimum Gasteiger partial charge on any atom is -0.477 e. The number of nitrogens with two attached hydrogens (primary N) is 1. The number of aromatic nitrogens is 1. The van der Waals surface area contributed by atoms with Crippen molar-refractivity contribution in [3.8, 4) is 5.88 Å². The fourth-order valence-corrected chi connectivity index (χ4v) is 2.11. The highest BCUT2D eigenvalue weighted by Gasteiger charge is 2.16. The lowest BCUT2D eigenvalue weighted by Crippen LogP contribution is -2.13. The Balaban J connectivity index is 1.98. The molecule has 0 spiro atoms. The van der Waals surface area contributed by atoms with Gasteiger partial charge in [0.1, 0.15) is 0 Å². The van der Waals surface area contributed by atoms with E-state index in [0.717, 1.165) is 43.7 Å². The van der Waals surface area contributed by atoms with E-state index in [2.05, 4.69) is 18.0 Å². The monoisotopic (exact) mass is 250 g/mol. The first-order chi connectivity index (χ1) is 8.81. The molecular weight excluding hydrogens is 228 g/mol. The summed E-state index contributed by atoms with van der Waals surface area (Å²) >= 11 is 0. The van der Waals surface area contributed by atoms with Crippen molar-refractivity contribution in [2.24, 2.45) is 11.7 Å². The molecule has 0 saturated carbocycles. The van der Waals surface area contributed by atoms with Gasteiger partial charge in [-0.15, -0.1) is 0 Å². The fraction of sp³-hybridized carbons (Fsp3) is 0.643. The van der Waals surface area contributed by atoms with Crippen LogP contribution in [0.25, 0.3) is 0 Å². The Kier molecular flexibility index (Phi) is 4.96. The fourth-order valence-electron chi connectivity index (χ4n) is 2.11. The van der Waals surface area contributed by atoms with Crippen LogP contribution in [0, 0.1) is 5.92 Å². The van der Waals surface area contributed by atoms with Crippen molar-refractivity contribution < 1.29 is 9.47 Å². The van der Waals surface area contributed by atoms with E-state index in [0.29, 0.717) is 24.9 Å². The lowest BCUT2D eigenvalue weighted by Gasteiger charge is -2.11. The van der Waals surface area contributed by atoms with Crippen LogP contribution in [0.3, 0.4) is 0 Å². The van der Waals surface area contributed by atoms with Crippen molar-refractivity contribution in [1.82, 2.24) is 4.98 Å². The summed E-state index contributed by atoms with van der Waals surface area (Å²) < 4.78 is 11.1. The SMILES string of the molecule is CCCc1cc(CN)cc(OCC2CCOC2)n1. The molecule has 1 atom stereocenters. The minimum atomic E-state index is 0.503. The second-order valence-electron chi connectivity index (χ2n) is 4.80. The average molecular weight is 250 g/mol. The number of hydrogen-bond donors (Lipinski definition) is 1. The Morgan fingerprint density at radius 3 is 3.06 bits per heavy atom. The van der Waals surface area contributed by atoms with Crippen molar-refractivity contribution in [1.29, 1.82) is 0 Å². The van der Waals surface area contributed by atoms with Gasteiger partial charge in [-0.2, -0.15) is 0 Å². The van der Waals surface area contributed by atoms with Crippen LogP contribution >= 0.6 is 0 Å². The van der Waals surface area contributed by atoms with Crippen LogP contribution in [0.5, 0.6) is 5.88 Å². The summed E-state index contributed by atoms with van der Waals surface area (Å²) in [5.74, 6) is 1.20. The largest absolute Gasteiger partial charge is 0.477 e. The van der Waals surface area contributed by atoms with E-state index in [4.69, 9.17) is 15.2 Å². The molecule has 2 N–H and O–H groups in total. The smallest absolute Gasteiger partial charge is 0.213 e. The van der Waals surface area contributed by atoms with Gasteiger partial charge >= 0.3 is 0 Å². The molecule has 2 rings (SSSR count). The van der Waals surface area contributed by atoms with Crippen molar-refractivity contribution in [3.63, 3.8) is 0 Å². The van der Waals surface area contributed by atoms with Crippen molar-refractivity contribution in [2.75, 3.05) is 19.8 Å². The number of nitrogens with zero attached hydrogens (tertiary/aromatic N) is 1. The molecule has 0 amide bonds. The summed E-state index contributed by atoms with van der Waals surface area (Å²) in [6.45, 7) is 5.02. The third-order valence-corrected chi connectivity index (χ3v) is 3.15. The molecular formula is C14H22N2O2. The first kappa shape index (κ1) is 13.3. The van der Waals surface area contributed by atoms with Crippen LogP contribution in [-0.4, -0.2) is 24.8 Å². The number of hydrogen-bond acceptors (Lipinski definition) is 4. The Morgan fingerprint density at radius 1 is 1.50 bits per heavy atom.